The maximum atomic E-state index is 14.8. The van der Waals surface area contributed by atoms with Crippen molar-refractivity contribution in [1.82, 2.24) is 0 Å². The van der Waals surface area contributed by atoms with E-state index in [1.54, 1.807) is 36.4 Å². The van der Waals surface area contributed by atoms with E-state index in [4.69, 9.17) is 27.9 Å². The van der Waals surface area contributed by atoms with Crippen LogP contribution in [0.15, 0.2) is 48.6 Å². The van der Waals surface area contributed by atoms with Crippen LogP contribution in [0.1, 0.15) is 40.4 Å². The summed E-state index contributed by atoms with van der Waals surface area (Å²) in [6, 6.07) is 10.1. The Morgan fingerprint density at radius 3 is 2.58 bits per heavy atom. The number of allylic oxidation sites excluding steroid dienone is 2. The highest BCUT2D eigenvalue weighted by Gasteiger charge is 2.23. The zero-order chi connectivity index (χ0) is 18.8. The number of rotatable bonds is 3. The van der Waals surface area contributed by atoms with Gasteiger partial charge >= 0.3 is 5.97 Å². The molecule has 0 radical (unpaired) electrons. The molecule has 1 aliphatic carbocycles. The van der Waals surface area contributed by atoms with E-state index in [1.807, 2.05) is 19.1 Å². The van der Waals surface area contributed by atoms with E-state index in [2.05, 4.69) is 0 Å². The minimum atomic E-state index is -0.481. The fourth-order valence-electron chi connectivity index (χ4n) is 3.03. The lowest BCUT2D eigenvalue weighted by Gasteiger charge is -2.15. The number of halogens is 3. The van der Waals surface area contributed by atoms with Crippen molar-refractivity contribution in [3.63, 3.8) is 0 Å². The predicted molar refractivity (Wildman–Crippen MR) is 104 cm³/mol. The lowest BCUT2D eigenvalue weighted by atomic mass is 9.91. The van der Waals surface area contributed by atoms with Crippen molar-refractivity contribution in [2.24, 2.45) is 5.92 Å². The van der Waals surface area contributed by atoms with Gasteiger partial charge in [0.25, 0.3) is 0 Å². The molecule has 0 spiro atoms. The summed E-state index contributed by atoms with van der Waals surface area (Å²) in [6.45, 7) is 1.98. The Bertz CT molecular complexity index is 932. The monoisotopic (exact) mass is 390 g/mol. The minimum Gasteiger partial charge on any atom is -0.465 e. The lowest BCUT2D eigenvalue weighted by molar-refractivity contribution is 0.0600. The molecule has 1 unspecified atom stereocenters. The molecule has 0 N–H and O–H groups in total. The van der Waals surface area contributed by atoms with Gasteiger partial charge in [0.1, 0.15) is 5.83 Å². The van der Waals surface area contributed by atoms with Crippen LogP contribution < -0.4 is 0 Å². The van der Waals surface area contributed by atoms with Crippen molar-refractivity contribution in [1.29, 1.82) is 0 Å². The van der Waals surface area contributed by atoms with Crippen molar-refractivity contribution in [2.45, 2.75) is 13.3 Å². The molecule has 0 saturated heterocycles. The van der Waals surface area contributed by atoms with Gasteiger partial charge in [0.15, 0.2) is 0 Å². The number of fused-ring (bicyclic) bond motifs is 1. The van der Waals surface area contributed by atoms with Crippen LogP contribution >= 0.6 is 23.2 Å². The first-order chi connectivity index (χ1) is 12.5. The molecule has 2 aromatic rings. The largest absolute Gasteiger partial charge is 0.465 e. The Labute approximate surface area is 161 Å². The van der Waals surface area contributed by atoms with E-state index >= 15 is 0 Å². The summed E-state index contributed by atoms with van der Waals surface area (Å²) in [4.78, 5) is 12.0. The third-order valence-electron chi connectivity index (χ3n) is 4.44. The molecule has 0 fully saturated rings. The normalized spacial score (nSPS) is 16.3. The van der Waals surface area contributed by atoms with Crippen LogP contribution in [0.5, 0.6) is 0 Å². The quantitative estimate of drug-likeness (QED) is 0.554. The number of esters is 1. The zero-order valence-corrected chi connectivity index (χ0v) is 15.9. The first kappa shape index (κ1) is 18.7. The molecule has 134 valence electrons. The second-order valence-electron chi connectivity index (χ2n) is 6.02. The molecule has 1 atom stereocenters. The Kier molecular flexibility index (Phi) is 5.49. The summed E-state index contributed by atoms with van der Waals surface area (Å²) in [5, 5.41) is 0.813. The number of methoxy groups -OCH3 is 1. The summed E-state index contributed by atoms with van der Waals surface area (Å²) >= 11 is 12.6. The number of ether oxygens (including phenoxy) is 1. The molecule has 2 nitrogen and oxygen atoms in total. The van der Waals surface area contributed by atoms with E-state index in [0.29, 0.717) is 32.3 Å². The van der Waals surface area contributed by atoms with Gasteiger partial charge in [-0.2, -0.15) is 0 Å². The van der Waals surface area contributed by atoms with Crippen molar-refractivity contribution in [3.8, 4) is 0 Å². The summed E-state index contributed by atoms with van der Waals surface area (Å²) in [6.07, 6.45) is 4.28. The highest BCUT2D eigenvalue weighted by atomic mass is 35.5. The summed E-state index contributed by atoms with van der Waals surface area (Å²) in [5.74, 6) is -0.910. The highest BCUT2D eigenvalue weighted by Crippen LogP contribution is 2.40. The lowest BCUT2D eigenvalue weighted by Crippen LogP contribution is -2.03. The smallest absolute Gasteiger partial charge is 0.337 e. The van der Waals surface area contributed by atoms with Crippen LogP contribution in [-0.2, 0) is 4.74 Å². The molecule has 0 aromatic heterocycles. The maximum absolute atomic E-state index is 14.8. The topological polar surface area (TPSA) is 26.3 Å². The standard InChI is InChI=1S/C21H17Cl2FO2/c1-3-12-9-16(15-5-4-6-18(22)20(15)23)17-11-13(21(25)26-2)7-8-14(17)19(24)10-12/h4-12H,3H2,1-2H3. The molecule has 0 aliphatic heterocycles. The number of carbonyl (C=O) groups is 1. The van der Waals surface area contributed by atoms with Crippen LogP contribution in [0.2, 0.25) is 10.0 Å². The van der Waals surface area contributed by atoms with Gasteiger partial charge in [0.05, 0.1) is 22.7 Å². The minimum absolute atomic E-state index is 0.103. The molecular weight excluding hydrogens is 374 g/mol. The van der Waals surface area contributed by atoms with Gasteiger partial charge in [-0.25, -0.2) is 9.18 Å². The van der Waals surface area contributed by atoms with Gasteiger partial charge in [-0.15, -0.1) is 0 Å². The Morgan fingerprint density at radius 2 is 1.88 bits per heavy atom. The van der Waals surface area contributed by atoms with E-state index in [1.165, 1.54) is 7.11 Å². The van der Waals surface area contributed by atoms with E-state index in [-0.39, 0.29) is 11.7 Å². The molecule has 0 saturated carbocycles. The zero-order valence-electron chi connectivity index (χ0n) is 14.4. The van der Waals surface area contributed by atoms with E-state index in [9.17, 15) is 9.18 Å². The van der Waals surface area contributed by atoms with Crippen LogP contribution in [-0.4, -0.2) is 13.1 Å². The van der Waals surface area contributed by atoms with Crippen LogP contribution in [0, 0.1) is 5.92 Å². The van der Waals surface area contributed by atoms with E-state index < -0.39 is 5.97 Å². The molecule has 2 aromatic carbocycles. The molecule has 26 heavy (non-hydrogen) atoms. The molecule has 0 bridgehead atoms. The first-order valence-electron chi connectivity index (χ1n) is 8.22. The predicted octanol–water partition coefficient (Wildman–Crippen LogP) is 6.56. The number of hydrogen-bond acceptors (Lipinski definition) is 2. The van der Waals surface area contributed by atoms with Crippen LogP contribution in [0.25, 0.3) is 11.4 Å². The summed E-state index contributed by atoms with van der Waals surface area (Å²) < 4.78 is 19.6. The van der Waals surface area contributed by atoms with Crippen molar-refractivity contribution >= 4 is 40.6 Å². The SMILES string of the molecule is CCC1C=C(F)c2ccc(C(=O)OC)cc2C(c2cccc(Cl)c2Cl)=C1. The third-order valence-corrected chi connectivity index (χ3v) is 5.26. The van der Waals surface area contributed by atoms with Crippen LogP contribution in [0.3, 0.4) is 0 Å². The summed E-state index contributed by atoms with van der Waals surface area (Å²) in [5.41, 5.74) is 2.79. The van der Waals surface area contributed by atoms with Gasteiger partial charge in [-0.05, 0) is 47.8 Å². The molecule has 5 heteroatoms. The molecule has 3 rings (SSSR count). The third kappa shape index (κ3) is 3.42. The van der Waals surface area contributed by atoms with Gasteiger partial charge in [0, 0.05) is 11.1 Å². The van der Waals surface area contributed by atoms with Gasteiger partial charge in [-0.3, -0.25) is 0 Å². The Balaban J connectivity index is 2.29. The Morgan fingerprint density at radius 1 is 1.12 bits per heavy atom. The molecule has 1 aliphatic rings. The maximum Gasteiger partial charge on any atom is 0.337 e. The Hall–Kier alpha value is -2.10. The first-order valence-corrected chi connectivity index (χ1v) is 8.98. The average molecular weight is 391 g/mol. The number of carbonyl (C=O) groups excluding carboxylic acids is 1. The van der Waals surface area contributed by atoms with Gasteiger partial charge in [0.2, 0.25) is 0 Å². The van der Waals surface area contributed by atoms with Gasteiger partial charge in [-0.1, -0.05) is 54.4 Å². The fraction of sp³-hybridized carbons (Fsp3) is 0.190. The molecule has 0 amide bonds. The molecular formula is C21H17Cl2FO2. The van der Waals surface area contributed by atoms with Crippen molar-refractivity contribution in [2.75, 3.05) is 7.11 Å². The summed E-state index contributed by atoms with van der Waals surface area (Å²) in [7, 11) is 1.31. The average Bonchev–Trinajstić information content (AvgIpc) is 2.79. The van der Waals surface area contributed by atoms with E-state index in [0.717, 1.165) is 12.0 Å². The number of hydrogen-bond donors (Lipinski definition) is 0. The van der Waals surface area contributed by atoms with Gasteiger partial charge < -0.3 is 4.74 Å². The highest BCUT2D eigenvalue weighted by molar-refractivity contribution is 6.43. The second-order valence-corrected chi connectivity index (χ2v) is 6.81. The van der Waals surface area contributed by atoms with Crippen LogP contribution in [0.4, 0.5) is 4.39 Å². The number of benzene rings is 2. The second kappa shape index (κ2) is 7.65. The van der Waals surface area contributed by atoms with Crippen molar-refractivity contribution < 1.29 is 13.9 Å². The van der Waals surface area contributed by atoms with Crippen molar-refractivity contribution in [3.05, 3.63) is 80.8 Å². The molecule has 0 heterocycles. The fourth-order valence-corrected chi connectivity index (χ4v) is 3.43.